The van der Waals surface area contributed by atoms with E-state index in [2.05, 4.69) is 59.9 Å². The van der Waals surface area contributed by atoms with E-state index in [4.69, 9.17) is 9.72 Å². The number of carbonyl (C=O) groups excluding carboxylic acids is 1. The van der Waals surface area contributed by atoms with Crippen LogP contribution in [0.5, 0.6) is 0 Å². The van der Waals surface area contributed by atoms with E-state index in [1.165, 1.54) is 0 Å². The molecule has 0 atom stereocenters. The molecule has 1 aromatic heterocycles. The average Bonchev–Trinajstić information content (AvgIpc) is 3.22. The molecule has 0 spiro atoms. The first-order valence-electron chi connectivity index (χ1n) is 11.5. The van der Waals surface area contributed by atoms with E-state index in [1.807, 2.05) is 32.1 Å². The molecule has 1 aliphatic rings. The third-order valence-corrected chi connectivity index (χ3v) is 5.69. The first-order valence-corrected chi connectivity index (χ1v) is 11.5. The largest absolute Gasteiger partial charge is 0.372 e. The highest BCUT2D eigenvalue weighted by atomic mass is 16.5. The van der Waals surface area contributed by atoms with Crippen LogP contribution in [0.15, 0.2) is 78.5 Å². The number of nitrogens with one attached hydrogen (secondary N) is 2. The average molecular weight is 457 g/mol. The minimum atomic E-state index is -0.209. The summed E-state index contributed by atoms with van der Waals surface area (Å²) in [5.41, 5.74) is 5.73. The highest BCUT2D eigenvalue weighted by Crippen LogP contribution is 2.27. The van der Waals surface area contributed by atoms with Gasteiger partial charge in [-0.05, 0) is 76.2 Å². The number of allylic oxidation sites excluding steroid dienone is 4. The van der Waals surface area contributed by atoms with Gasteiger partial charge in [0, 0.05) is 30.0 Å². The zero-order valence-corrected chi connectivity index (χ0v) is 20.3. The van der Waals surface area contributed by atoms with E-state index >= 15 is 0 Å². The van der Waals surface area contributed by atoms with Crippen molar-refractivity contribution in [1.82, 2.24) is 15.3 Å². The minimum Gasteiger partial charge on any atom is -0.372 e. The van der Waals surface area contributed by atoms with Crippen molar-refractivity contribution in [2.45, 2.75) is 33.3 Å². The highest BCUT2D eigenvalue weighted by Gasteiger charge is 2.27. The maximum Gasteiger partial charge on any atom is 0.257 e. The smallest absolute Gasteiger partial charge is 0.257 e. The fourth-order valence-corrected chi connectivity index (χ4v) is 4.18. The van der Waals surface area contributed by atoms with Crippen LogP contribution in [-0.2, 0) is 4.74 Å². The second-order valence-corrected chi connectivity index (χ2v) is 9.40. The second kappa shape index (κ2) is 9.69. The number of nitrogens with zero attached hydrogens (tertiary/aromatic N) is 2. The van der Waals surface area contributed by atoms with Gasteiger partial charge in [0.15, 0.2) is 0 Å². The summed E-state index contributed by atoms with van der Waals surface area (Å²) >= 11 is 0. The monoisotopic (exact) mass is 456 g/mol. The third kappa shape index (κ3) is 5.29. The third-order valence-electron chi connectivity index (χ3n) is 5.69. The number of H-pyrrole nitrogens is 1. The number of aromatic nitrogens is 2. The lowest BCUT2D eigenvalue weighted by Gasteiger charge is -2.39. The highest BCUT2D eigenvalue weighted by molar-refractivity contribution is 6.06. The van der Waals surface area contributed by atoms with Gasteiger partial charge >= 0.3 is 0 Å². The van der Waals surface area contributed by atoms with E-state index in [0.717, 1.165) is 47.9 Å². The molecule has 0 bridgehead atoms. The van der Waals surface area contributed by atoms with Gasteiger partial charge in [0.2, 0.25) is 0 Å². The topological polar surface area (TPSA) is 70.2 Å². The predicted molar refractivity (Wildman–Crippen MR) is 139 cm³/mol. The molecular weight excluding hydrogens is 424 g/mol. The molecule has 2 heterocycles. The number of hydrogen-bond donors (Lipinski definition) is 2. The van der Waals surface area contributed by atoms with Crippen LogP contribution in [0.25, 0.3) is 22.4 Å². The molecule has 1 amide bonds. The summed E-state index contributed by atoms with van der Waals surface area (Å²) in [6.07, 6.45) is 5.34. The van der Waals surface area contributed by atoms with Crippen LogP contribution in [0.3, 0.4) is 0 Å². The Bertz CT molecular complexity index is 1260. The summed E-state index contributed by atoms with van der Waals surface area (Å²) in [5.74, 6) is 0.523. The molecule has 6 nitrogen and oxygen atoms in total. The first kappa shape index (κ1) is 23.5. The maximum absolute atomic E-state index is 13.1. The molecule has 0 saturated carbocycles. The second-order valence-electron chi connectivity index (χ2n) is 9.40. The molecule has 0 radical (unpaired) electrons. The normalized spacial score (nSPS) is 15.8. The van der Waals surface area contributed by atoms with Crippen LogP contribution >= 0.6 is 0 Å². The number of morpholine rings is 1. The number of rotatable bonds is 6. The number of anilines is 1. The lowest BCUT2D eigenvalue weighted by Crippen LogP contribution is -2.48. The van der Waals surface area contributed by atoms with Gasteiger partial charge in [-0.25, -0.2) is 4.98 Å². The van der Waals surface area contributed by atoms with Crippen LogP contribution in [0, 0.1) is 0 Å². The van der Waals surface area contributed by atoms with Crippen LogP contribution < -0.4 is 10.2 Å². The molecule has 4 rings (SSSR count). The lowest BCUT2D eigenvalue weighted by molar-refractivity contribution is -0.0276. The van der Waals surface area contributed by atoms with Gasteiger partial charge in [-0.3, -0.25) is 4.79 Å². The molecule has 2 aromatic carbocycles. The number of benzene rings is 2. The summed E-state index contributed by atoms with van der Waals surface area (Å²) in [7, 11) is 0. The van der Waals surface area contributed by atoms with E-state index < -0.39 is 0 Å². The SMILES string of the molecule is C=C/C=C(\C=C(C)C)NC(=O)c1cccc2[nH]c(-c3ccc(N4CCOC(C)(C)C4)cc3)nc12. The summed E-state index contributed by atoms with van der Waals surface area (Å²) in [4.78, 5) is 23.5. The fraction of sp³-hybridized carbons (Fsp3) is 0.286. The number of carbonyl (C=O) groups is 1. The van der Waals surface area contributed by atoms with Gasteiger partial charge in [0.05, 0.1) is 23.3 Å². The van der Waals surface area contributed by atoms with Crippen molar-refractivity contribution in [3.63, 3.8) is 0 Å². The standard InChI is InChI=1S/C28H32N4O2/c1-6-8-21(17-19(2)3)29-27(33)23-9-7-10-24-25(23)31-26(30-24)20-11-13-22(14-12-20)32-15-16-34-28(4,5)18-32/h6-14,17H,1,15-16,18H2,2-5H3,(H,29,33)(H,30,31)/b21-8+. The molecular formula is C28H32N4O2. The maximum atomic E-state index is 13.1. The number of fused-ring (bicyclic) bond motifs is 1. The Morgan fingerprint density at radius 3 is 2.65 bits per heavy atom. The summed E-state index contributed by atoms with van der Waals surface area (Å²) in [6.45, 7) is 14.4. The molecule has 0 unspecified atom stereocenters. The molecule has 1 saturated heterocycles. The summed E-state index contributed by atoms with van der Waals surface area (Å²) in [6, 6.07) is 13.9. The first-order chi connectivity index (χ1) is 16.3. The molecule has 3 aromatic rings. The Kier molecular flexibility index (Phi) is 6.70. The Morgan fingerprint density at radius 1 is 1.21 bits per heavy atom. The Hall–Kier alpha value is -3.64. The zero-order valence-electron chi connectivity index (χ0n) is 20.3. The number of amides is 1. The fourth-order valence-electron chi connectivity index (χ4n) is 4.18. The van der Waals surface area contributed by atoms with Crippen molar-refractivity contribution in [2.24, 2.45) is 0 Å². The Balaban J connectivity index is 1.59. The minimum absolute atomic E-state index is 0.154. The lowest BCUT2D eigenvalue weighted by atomic mass is 10.1. The molecule has 2 N–H and O–H groups in total. The Labute approximate surface area is 201 Å². The predicted octanol–water partition coefficient (Wildman–Crippen LogP) is 5.61. The molecule has 176 valence electrons. The van der Waals surface area contributed by atoms with Crippen LogP contribution in [-0.4, -0.2) is 41.2 Å². The van der Waals surface area contributed by atoms with Crippen LogP contribution in [0.4, 0.5) is 5.69 Å². The molecule has 0 aliphatic carbocycles. The number of imidazole rings is 1. The van der Waals surface area contributed by atoms with Gasteiger partial charge in [0.1, 0.15) is 11.3 Å². The van der Waals surface area contributed by atoms with Gasteiger partial charge in [-0.2, -0.15) is 0 Å². The van der Waals surface area contributed by atoms with Crippen LogP contribution in [0.1, 0.15) is 38.1 Å². The number of para-hydroxylation sites is 1. The van der Waals surface area contributed by atoms with Gasteiger partial charge < -0.3 is 19.9 Å². The van der Waals surface area contributed by atoms with Gasteiger partial charge in [0.25, 0.3) is 5.91 Å². The number of hydrogen-bond acceptors (Lipinski definition) is 4. The van der Waals surface area contributed by atoms with Crippen molar-refractivity contribution in [3.8, 4) is 11.4 Å². The summed E-state index contributed by atoms with van der Waals surface area (Å²) in [5, 5.41) is 2.96. The zero-order chi connectivity index (χ0) is 24.3. The van der Waals surface area contributed by atoms with Crippen molar-refractivity contribution < 1.29 is 9.53 Å². The van der Waals surface area contributed by atoms with E-state index in [9.17, 15) is 4.79 Å². The van der Waals surface area contributed by atoms with E-state index in [-0.39, 0.29) is 11.5 Å². The Morgan fingerprint density at radius 2 is 1.97 bits per heavy atom. The molecule has 6 heteroatoms. The molecule has 34 heavy (non-hydrogen) atoms. The van der Waals surface area contributed by atoms with E-state index in [1.54, 1.807) is 18.2 Å². The van der Waals surface area contributed by atoms with Crippen molar-refractivity contribution >= 4 is 22.6 Å². The quantitative estimate of drug-likeness (QED) is 0.473. The van der Waals surface area contributed by atoms with E-state index in [0.29, 0.717) is 16.8 Å². The van der Waals surface area contributed by atoms with Gasteiger partial charge in [-0.1, -0.05) is 24.3 Å². The van der Waals surface area contributed by atoms with Crippen molar-refractivity contribution in [3.05, 3.63) is 84.1 Å². The van der Waals surface area contributed by atoms with Crippen molar-refractivity contribution in [2.75, 3.05) is 24.6 Å². The van der Waals surface area contributed by atoms with Crippen LogP contribution in [0.2, 0.25) is 0 Å². The van der Waals surface area contributed by atoms with Gasteiger partial charge in [-0.15, -0.1) is 0 Å². The number of ether oxygens (including phenoxy) is 1. The molecule has 1 fully saturated rings. The summed E-state index contributed by atoms with van der Waals surface area (Å²) < 4.78 is 5.83. The molecule has 1 aliphatic heterocycles. The number of aromatic amines is 1. The van der Waals surface area contributed by atoms with Crippen molar-refractivity contribution in [1.29, 1.82) is 0 Å².